The summed E-state index contributed by atoms with van der Waals surface area (Å²) in [5.74, 6) is 0.626. The normalized spacial score (nSPS) is 11.1. The van der Waals surface area contributed by atoms with Gasteiger partial charge in [0, 0.05) is 22.3 Å². The minimum Gasteiger partial charge on any atom is -0.287 e. The highest BCUT2D eigenvalue weighted by atomic mass is 35.5. The molecule has 118 valence electrons. The van der Waals surface area contributed by atoms with Crippen LogP contribution in [-0.4, -0.2) is 9.55 Å². The number of thioether (sulfide) groups is 1. The van der Waals surface area contributed by atoms with Gasteiger partial charge in [0.1, 0.15) is 0 Å². The van der Waals surface area contributed by atoms with E-state index in [4.69, 9.17) is 23.2 Å². The average molecular weight is 365 g/mol. The maximum absolute atomic E-state index is 12.6. The van der Waals surface area contributed by atoms with Gasteiger partial charge in [-0.1, -0.05) is 53.2 Å². The number of benzene rings is 2. The summed E-state index contributed by atoms with van der Waals surface area (Å²) in [4.78, 5) is 17.2. The molecule has 0 spiro atoms. The fourth-order valence-corrected chi connectivity index (χ4v) is 3.94. The predicted molar refractivity (Wildman–Crippen MR) is 97.7 cm³/mol. The van der Waals surface area contributed by atoms with Crippen molar-refractivity contribution in [3.63, 3.8) is 0 Å². The minimum atomic E-state index is -0.0113. The Bertz CT molecular complexity index is 924. The van der Waals surface area contributed by atoms with Gasteiger partial charge in [-0.3, -0.25) is 9.36 Å². The van der Waals surface area contributed by atoms with Gasteiger partial charge < -0.3 is 0 Å². The zero-order valence-corrected chi connectivity index (χ0v) is 14.8. The number of aromatic nitrogens is 2. The molecule has 0 saturated heterocycles. The molecule has 0 atom stereocenters. The summed E-state index contributed by atoms with van der Waals surface area (Å²) in [5.41, 5.74) is 1.67. The lowest BCUT2D eigenvalue weighted by Crippen LogP contribution is -2.22. The van der Waals surface area contributed by atoms with Crippen LogP contribution in [0, 0.1) is 0 Å². The third-order valence-corrected chi connectivity index (χ3v) is 5.13. The molecule has 23 heavy (non-hydrogen) atoms. The van der Waals surface area contributed by atoms with Gasteiger partial charge in [-0.05, 0) is 36.8 Å². The van der Waals surface area contributed by atoms with Crippen LogP contribution in [-0.2, 0) is 12.3 Å². The average Bonchev–Trinajstić information content (AvgIpc) is 2.54. The molecule has 1 heterocycles. The number of hydrogen-bond donors (Lipinski definition) is 0. The first kappa shape index (κ1) is 16.4. The van der Waals surface area contributed by atoms with Crippen molar-refractivity contribution in [1.82, 2.24) is 9.55 Å². The Morgan fingerprint density at radius 2 is 1.96 bits per heavy atom. The maximum Gasteiger partial charge on any atom is 0.262 e. The fraction of sp³-hybridized carbons (Fsp3) is 0.176. The smallest absolute Gasteiger partial charge is 0.262 e. The van der Waals surface area contributed by atoms with Crippen LogP contribution in [0.5, 0.6) is 0 Å². The molecule has 0 radical (unpaired) electrons. The Morgan fingerprint density at radius 3 is 2.70 bits per heavy atom. The third kappa shape index (κ3) is 3.39. The van der Waals surface area contributed by atoms with Crippen molar-refractivity contribution in [3.8, 4) is 0 Å². The van der Waals surface area contributed by atoms with Crippen LogP contribution in [0.3, 0.4) is 0 Å². The summed E-state index contributed by atoms with van der Waals surface area (Å²) in [6.45, 7) is 2.52. The van der Waals surface area contributed by atoms with Gasteiger partial charge in [-0.25, -0.2) is 4.98 Å². The van der Waals surface area contributed by atoms with Crippen molar-refractivity contribution in [2.24, 2.45) is 0 Å². The van der Waals surface area contributed by atoms with Crippen molar-refractivity contribution < 1.29 is 0 Å². The molecule has 0 aliphatic carbocycles. The van der Waals surface area contributed by atoms with Crippen molar-refractivity contribution in [1.29, 1.82) is 0 Å². The Balaban J connectivity index is 1.97. The highest BCUT2D eigenvalue weighted by Gasteiger charge is 2.11. The van der Waals surface area contributed by atoms with Crippen LogP contribution >= 0.6 is 35.0 Å². The Hall–Kier alpha value is -1.49. The Labute approximate surface area is 148 Å². The van der Waals surface area contributed by atoms with Gasteiger partial charge in [0.2, 0.25) is 0 Å². The van der Waals surface area contributed by atoms with E-state index in [0.29, 0.717) is 38.4 Å². The van der Waals surface area contributed by atoms with Gasteiger partial charge in [0.15, 0.2) is 5.16 Å². The van der Waals surface area contributed by atoms with Crippen molar-refractivity contribution >= 4 is 45.9 Å². The number of rotatable bonds is 4. The van der Waals surface area contributed by atoms with E-state index >= 15 is 0 Å². The van der Waals surface area contributed by atoms with Gasteiger partial charge in [-0.2, -0.15) is 0 Å². The fourth-order valence-electron chi connectivity index (χ4n) is 2.32. The first-order valence-electron chi connectivity index (χ1n) is 7.16. The summed E-state index contributed by atoms with van der Waals surface area (Å²) >= 11 is 13.6. The molecule has 0 amide bonds. The predicted octanol–water partition coefficient (Wildman–Crippen LogP) is 5.02. The largest absolute Gasteiger partial charge is 0.287 e. The highest BCUT2D eigenvalue weighted by Crippen LogP contribution is 2.28. The van der Waals surface area contributed by atoms with E-state index in [-0.39, 0.29) is 5.56 Å². The second-order valence-corrected chi connectivity index (χ2v) is 6.77. The molecule has 0 aliphatic heterocycles. The van der Waals surface area contributed by atoms with Gasteiger partial charge in [0.25, 0.3) is 5.56 Å². The monoisotopic (exact) mass is 364 g/mol. The Kier molecular flexibility index (Phi) is 4.95. The summed E-state index contributed by atoms with van der Waals surface area (Å²) < 4.78 is 1.69. The topological polar surface area (TPSA) is 34.9 Å². The molecule has 0 aliphatic rings. The molecule has 0 fully saturated rings. The molecule has 3 rings (SSSR count). The van der Waals surface area contributed by atoms with Crippen LogP contribution in [0.15, 0.2) is 52.4 Å². The Morgan fingerprint density at radius 1 is 1.17 bits per heavy atom. The van der Waals surface area contributed by atoms with Gasteiger partial charge in [0.05, 0.1) is 10.9 Å². The van der Waals surface area contributed by atoms with E-state index in [1.54, 1.807) is 16.7 Å². The van der Waals surface area contributed by atoms with Crippen molar-refractivity contribution in [3.05, 3.63) is 68.4 Å². The van der Waals surface area contributed by atoms with Gasteiger partial charge in [-0.15, -0.1) is 0 Å². The van der Waals surface area contributed by atoms with E-state index in [1.807, 2.05) is 37.3 Å². The summed E-state index contributed by atoms with van der Waals surface area (Å²) in [6, 6.07) is 12.8. The molecule has 6 heteroatoms. The van der Waals surface area contributed by atoms with Crippen molar-refractivity contribution in [2.75, 3.05) is 0 Å². The summed E-state index contributed by atoms with van der Waals surface area (Å²) in [5, 5.41) is 2.57. The minimum absolute atomic E-state index is 0.0113. The highest BCUT2D eigenvalue weighted by molar-refractivity contribution is 7.98. The zero-order valence-electron chi connectivity index (χ0n) is 12.4. The molecular weight excluding hydrogens is 351 g/mol. The third-order valence-electron chi connectivity index (χ3n) is 3.51. The molecule has 0 saturated carbocycles. The standard InChI is InChI=1S/C17H14Cl2N2OS/c1-2-21-16(22)13-5-3-4-6-15(13)20-17(21)23-10-11-7-8-12(18)9-14(11)19/h3-9H,2,10H2,1H3. The molecule has 2 aromatic carbocycles. The zero-order chi connectivity index (χ0) is 16.4. The summed E-state index contributed by atoms with van der Waals surface area (Å²) in [6.07, 6.45) is 0. The molecule has 3 nitrogen and oxygen atoms in total. The lowest BCUT2D eigenvalue weighted by Gasteiger charge is -2.11. The van der Waals surface area contributed by atoms with Crippen LogP contribution < -0.4 is 5.56 Å². The van der Waals surface area contributed by atoms with E-state index in [1.165, 1.54) is 11.8 Å². The van der Waals surface area contributed by atoms with Crippen LogP contribution in [0.2, 0.25) is 10.0 Å². The van der Waals surface area contributed by atoms with E-state index in [9.17, 15) is 4.79 Å². The number of fused-ring (bicyclic) bond motifs is 1. The van der Waals surface area contributed by atoms with Crippen LogP contribution in [0.1, 0.15) is 12.5 Å². The van der Waals surface area contributed by atoms with E-state index in [2.05, 4.69) is 4.98 Å². The quantitative estimate of drug-likeness (QED) is 0.481. The molecule has 1 aromatic heterocycles. The lowest BCUT2D eigenvalue weighted by molar-refractivity contribution is 0.634. The summed E-state index contributed by atoms with van der Waals surface area (Å²) in [7, 11) is 0. The second-order valence-electron chi connectivity index (χ2n) is 4.99. The number of para-hydroxylation sites is 1. The molecule has 0 bridgehead atoms. The van der Waals surface area contributed by atoms with Crippen LogP contribution in [0.25, 0.3) is 10.9 Å². The first-order valence-corrected chi connectivity index (χ1v) is 8.90. The number of hydrogen-bond acceptors (Lipinski definition) is 3. The van der Waals surface area contributed by atoms with Crippen LogP contribution in [0.4, 0.5) is 0 Å². The maximum atomic E-state index is 12.6. The van der Waals surface area contributed by atoms with E-state index < -0.39 is 0 Å². The number of halogens is 2. The first-order chi connectivity index (χ1) is 11.1. The molecule has 0 unspecified atom stereocenters. The second kappa shape index (κ2) is 6.95. The number of nitrogens with zero attached hydrogens (tertiary/aromatic N) is 2. The van der Waals surface area contributed by atoms with Crippen molar-refractivity contribution in [2.45, 2.75) is 24.4 Å². The molecular formula is C17H14Cl2N2OS. The molecule has 3 aromatic rings. The molecule has 0 N–H and O–H groups in total. The SMILES string of the molecule is CCn1c(SCc2ccc(Cl)cc2Cl)nc2ccccc2c1=O. The lowest BCUT2D eigenvalue weighted by atomic mass is 10.2. The van der Waals surface area contributed by atoms with Gasteiger partial charge >= 0.3 is 0 Å². The van der Waals surface area contributed by atoms with E-state index in [0.717, 1.165) is 5.56 Å².